The molecule has 1 atom stereocenters. The van der Waals surface area contributed by atoms with Crippen LogP contribution in [0, 0.1) is 12.7 Å². The predicted octanol–water partition coefficient (Wildman–Crippen LogP) is 0.869. The molecule has 1 heterocycles. The van der Waals surface area contributed by atoms with Crippen molar-refractivity contribution in [2.24, 2.45) is 0 Å². The lowest BCUT2D eigenvalue weighted by molar-refractivity contribution is 0.246. The number of hydrogen-bond acceptors (Lipinski definition) is 4. The Balaban J connectivity index is 2.27. The number of sulfonamides is 1. The zero-order chi connectivity index (χ0) is 15.5. The summed E-state index contributed by atoms with van der Waals surface area (Å²) in [5, 5.41) is 12.4. The lowest BCUT2D eigenvalue weighted by atomic mass is 10.2. The van der Waals surface area contributed by atoms with Gasteiger partial charge in [-0.15, -0.1) is 0 Å². The maximum absolute atomic E-state index is 13.2. The molecule has 2 N–H and O–H groups in total. The van der Waals surface area contributed by atoms with Crippen molar-refractivity contribution in [2.45, 2.75) is 30.7 Å². The van der Waals surface area contributed by atoms with Gasteiger partial charge in [-0.3, -0.25) is 0 Å². The number of nitrogens with one attached hydrogen (secondary N) is 1. The third-order valence-corrected chi connectivity index (χ3v) is 5.72. The van der Waals surface area contributed by atoms with Crippen molar-refractivity contribution in [1.82, 2.24) is 9.62 Å². The van der Waals surface area contributed by atoms with Gasteiger partial charge in [0.1, 0.15) is 5.82 Å². The Bertz CT molecular complexity index is 586. The van der Waals surface area contributed by atoms with Crippen molar-refractivity contribution in [3.8, 4) is 0 Å². The van der Waals surface area contributed by atoms with E-state index in [4.69, 9.17) is 5.11 Å². The summed E-state index contributed by atoms with van der Waals surface area (Å²) in [6.45, 7) is 2.57. The molecule has 0 spiro atoms. The van der Waals surface area contributed by atoms with Gasteiger partial charge in [0.15, 0.2) is 0 Å². The monoisotopic (exact) mass is 316 g/mol. The Morgan fingerprint density at radius 3 is 2.81 bits per heavy atom. The molecule has 0 radical (unpaired) electrons. The van der Waals surface area contributed by atoms with Crippen molar-refractivity contribution in [3.05, 3.63) is 29.6 Å². The van der Waals surface area contributed by atoms with Crippen LogP contribution in [0.5, 0.6) is 0 Å². The first kappa shape index (κ1) is 16.4. The van der Waals surface area contributed by atoms with Crippen LogP contribution in [0.2, 0.25) is 0 Å². The molecule has 118 valence electrons. The molecule has 0 aliphatic carbocycles. The van der Waals surface area contributed by atoms with E-state index in [2.05, 4.69) is 5.32 Å². The highest BCUT2D eigenvalue weighted by atomic mass is 32.2. The zero-order valence-electron chi connectivity index (χ0n) is 12.0. The van der Waals surface area contributed by atoms with Crippen molar-refractivity contribution in [2.75, 3.05) is 26.2 Å². The molecular weight excluding hydrogens is 295 g/mol. The molecule has 5 nitrogen and oxygen atoms in total. The van der Waals surface area contributed by atoms with E-state index in [1.165, 1.54) is 16.4 Å². The van der Waals surface area contributed by atoms with Crippen LogP contribution in [-0.2, 0) is 10.0 Å². The van der Waals surface area contributed by atoms with E-state index in [9.17, 15) is 12.8 Å². The number of nitrogens with zero attached hydrogens (tertiary/aromatic N) is 1. The first-order valence-electron chi connectivity index (χ1n) is 7.05. The van der Waals surface area contributed by atoms with Crippen molar-refractivity contribution >= 4 is 10.0 Å². The number of aryl methyl sites for hydroxylation is 1. The van der Waals surface area contributed by atoms with Gasteiger partial charge < -0.3 is 10.4 Å². The van der Waals surface area contributed by atoms with Crippen LogP contribution >= 0.6 is 0 Å². The fourth-order valence-electron chi connectivity index (χ4n) is 2.62. The summed E-state index contributed by atoms with van der Waals surface area (Å²) in [4.78, 5) is 0.0929. The third kappa shape index (κ3) is 3.79. The Kier molecular flexibility index (Phi) is 5.32. The van der Waals surface area contributed by atoms with Crippen molar-refractivity contribution in [3.63, 3.8) is 0 Å². The highest BCUT2D eigenvalue weighted by Crippen LogP contribution is 2.21. The van der Waals surface area contributed by atoms with Gasteiger partial charge in [0, 0.05) is 19.1 Å². The van der Waals surface area contributed by atoms with Crippen LogP contribution in [0.4, 0.5) is 4.39 Å². The molecule has 1 aromatic rings. The molecule has 1 saturated heterocycles. The molecule has 0 saturated carbocycles. The van der Waals surface area contributed by atoms with Crippen LogP contribution in [-0.4, -0.2) is 50.1 Å². The Labute approximate surface area is 124 Å². The standard InChI is InChI=1S/C14H21FN2O3S/c1-11-9-12(15)4-5-14(11)21(19,20)17(7-8-18)10-13-3-2-6-16-13/h4-5,9,13,16,18H,2-3,6-8,10H2,1H3. The number of benzene rings is 1. The Morgan fingerprint density at radius 2 is 2.24 bits per heavy atom. The SMILES string of the molecule is Cc1cc(F)ccc1S(=O)(=O)N(CCO)CC1CCCN1. The summed E-state index contributed by atoms with van der Waals surface area (Å²) in [7, 11) is -3.73. The van der Waals surface area contributed by atoms with Crippen molar-refractivity contribution in [1.29, 1.82) is 0 Å². The Morgan fingerprint density at radius 1 is 1.48 bits per heavy atom. The number of hydrogen-bond donors (Lipinski definition) is 2. The maximum atomic E-state index is 13.2. The van der Waals surface area contributed by atoms with Gasteiger partial charge >= 0.3 is 0 Å². The van der Waals surface area contributed by atoms with Gasteiger partial charge in [-0.2, -0.15) is 4.31 Å². The minimum Gasteiger partial charge on any atom is -0.395 e. The number of aliphatic hydroxyl groups is 1. The second-order valence-corrected chi connectivity index (χ2v) is 7.20. The van der Waals surface area contributed by atoms with E-state index in [0.717, 1.165) is 25.5 Å². The average Bonchev–Trinajstić information content (AvgIpc) is 2.90. The van der Waals surface area contributed by atoms with Gasteiger partial charge in [0.05, 0.1) is 11.5 Å². The third-order valence-electron chi connectivity index (χ3n) is 3.69. The molecule has 21 heavy (non-hydrogen) atoms. The summed E-state index contributed by atoms with van der Waals surface area (Å²) < 4.78 is 39.8. The molecular formula is C14H21FN2O3S. The molecule has 1 aromatic carbocycles. The number of aliphatic hydroxyl groups excluding tert-OH is 1. The molecule has 1 fully saturated rings. The van der Waals surface area contributed by atoms with Crippen LogP contribution in [0.25, 0.3) is 0 Å². The van der Waals surface area contributed by atoms with Crippen LogP contribution in [0.1, 0.15) is 18.4 Å². The van der Waals surface area contributed by atoms with E-state index in [1.54, 1.807) is 6.92 Å². The second kappa shape index (κ2) is 6.83. The van der Waals surface area contributed by atoms with E-state index in [-0.39, 0.29) is 24.1 Å². The smallest absolute Gasteiger partial charge is 0.243 e. The summed E-state index contributed by atoms with van der Waals surface area (Å²) in [6.07, 6.45) is 1.94. The van der Waals surface area contributed by atoms with E-state index in [0.29, 0.717) is 12.1 Å². The fraction of sp³-hybridized carbons (Fsp3) is 0.571. The van der Waals surface area contributed by atoms with Crippen LogP contribution in [0.3, 0.4) is 0 Å². The summed E-state index contributed by atoms with van der Waals surface area (Å²) in [6, 6.07) is 3.74. The van der Waals surface area contributed by atoms with Crippen LogP contribution in [0.15, 0.2) is 23.1 Å². The van der Waals surface area contributed by atoms with Gasteiger partial charge in [-0.1, -0.05) is 0 Å². The van der Waals surface area contributed by atoms with E-state index >= 15 is 0 Å². The van der Waals surface area contributed by atoms with Gasteiger partial charge in [0.25, 0.3) is 0 Å². The van der Waals surface area contributed by atoms with Crippen molar-refractivity contribution < 1.29 is 17.9 Å². The van der Waals surface area contributed by atoms with E-state index in [1.807, 2.05) is 0 Å². The van der Waals surface area contributed by atoms with Gasteiger partial charge in [0.2, 0.25) is 10.0 Å². The van der Waals surface area contributed by atoms with E-state index < -0.39 is 15.8 Å². The predicted molar refractivity (Wildman–Crippen MR) is 78.0 cm³/mol. The molecule has 1 aliphatic heterocycles. The summed E-state index contributed by atoms with van der Waals surface area (Å²) in [5.41, 5.74) is 0.373. The molecule has 1 aliphatic rings. The highest BCUT2D eigenvalue weighted by Gasteiger charge is 2.29. The normalized spacial score (nSPS) is 19.3. The Hall–Kier alpha value is -1.02. The first-order chi connectivity index (χ1) is 9.95. The lowest BCUT2D eigenvalue weighted by Gasteiger charge is -2.25. The maximum Gasteiger partial charge on any atom is 0.243 e. The quantitative estimate of drug-likeness (QED) is 0.817. The molecule has 0 amide bonds. The minimum absolute atomic E-state index is 0.0390. The summed E-state index contributed by atoms with van der Waals surface area (Å²) in [5.74, 6) is -0.461. The second-order valence-electron chi connectivity index (χ2n) is 5.29. The lowest BCUT2D eigenvalue weighted by Crippen LogP contribution is -2.42. The van der Waals surface area contributed by atoms with Gasteiger partial charge in [-0.25, -0.2) is 12.8 Å². The topological polar surface area (TPSA) is 69.6 Å². The largest absolute Gasteiger partial charge is 0.395 e. The highest BCUT2D eigenvalue weighted by molar-refractivity contribution is 7.89. The molecule has 0 bridgehead atoms. The molecule has 1 unspecified atom stereocenters. The number of halogens is 1. The molecule has 2 rings (SSSR count). The average molecular weight is 316 g/mol. The number of rotatable bonds is 6. The zero-order valence-corrected chi connectivity index (χ0v) is 12.9. The van der Waals surface area contributed by atoms with Gasteiger partial charge in [-0.05, 0) is 50.1 Å². The fourth-order valence-corrected chi connectivity index (χ4v) is 4.30. The minimum atomic E-state index is -3.73. The molecule has 7 heteroatoms. The molecule has 0 aromatic heterocycles. The van der Waals surface area contributed by atoms with Crippen LogP contribution < -0.4 is 5.32 Å². The summed E-state index contributed by atoms with van der Waals surface area (Å²) >= 11 is 0. The first-order valence-corrected chi connectivity index (χ1v) is 8.49.